The van der Waals surface area contributed by atoms with E-state index in [0.717, 1.165) is 42.7 Å². The highest BCUT2D eigenvalue weighted by atomic mass is 79.9. The summed E-state index contributed by atoms with van der Waals surface area (Å²) >= 11 is 8.71. The zero-order chi connectivity index (χ0) is 14.8. The van der Waals surface area contributed by atoms with Crippen LogP contribution >= 0.6 is 28.1 Å². The van der Waals surface area contributed by atoms with Gasteiger partial charge in [0.1, 0.15) is 5.75 Å². The van der Waals surface area contributed by atoms with Crippen molar-refractivity contribution in [3.05, 3.63) is 28.2 Å². The first kappa shape index (κ1) is 15.7. The first-order valence-electron chi connectivity index (χ1n) is 6.79. The Kier molecular flexibility index (Phi) is 5.04. The van der Waals surface area contributed by atoms with Gasteiger partial charge in [0.05, 0.1) is 12.1 Å². The molecule has 0 saturated carbocycles. The number of rotatable bonds is 4. The Labute approximate surface area is 134 Å². The quantitative estimate of drug-likeness (QED) is 0.839. The van der Waals surface area contributed by atoms with Crippen molar-refractivity contribution in [2.24, 2.45) is 11.1 Å². The molecule has 1 aromatic rings. The van der Waals surface area contributed by atoms with Crippen LogP contribution in [0.25, 0.3) is 0 Å². The SMILES string of the molecule is COc1ccc(Br)cc1CN1CCC(C)(C(N)=S)CC1. The minimum absolute atomic E-state index is 0.0210. The maximum absolute atomic E-state index is 5.85. The molecule has 1 aromatic carbocycles. The third kappa shape index (κ3) is 3.51. The Morgan fingerprint density at radius 3 is 2.65 bits per heavy atom. The summed E-state index contributed by atoms with van der Waals surface area (Å²) in [7, 11) is 1.72. The van der Waals surface area contributed by atoms with Crippen molar-refractivity contribution < 1.29 is 4.74 Å². The van der Waals surface area contributed by atoms with Crippen molar-refractivity contribution in [1.29, 1.82) is 0 Å². The molecule has 1 saturated heterocycles. The van der Waals surface area contributed by atoms with E-state index in [0.29, 0.717) is 4.99 Å². The van der Waals surface area contributed by atoms with E-state index in [4.69, 9.17) is 22.7 Å². The standard InChI is InChI=1S/C15H21BrN2OS/c1-15(14(17)20)5-7-18(8-6-15)10-11-9-12(16)3-4-13(11)19-2/h3-4,9H,5-8,10H2,1-2H3,(H2,17,20). The van der Waals surface area contributed by atoms with Crippen molar-refractivity contribution >= 4 is 33.1 Å². The van der Waals surface area contributed by atoms with E-state index in [-0.39, 0.29) is 5.41 Å². The van der Waals surface area contributed by atoms with E-state index in [9.17, 15) is 0 Å². The molecule has 0 aromatic heterocycles. The molecule has 0 radical (unpaired) electrons. The van der Waals surface area contributed by atoms with Gasteiger partial charge in [-0.2, -0.15) is 0 Å². The maximum atomic E-state index is 5.85. The van der Waals surface area contributed by atoms with E-state index >= 15 is 0 Å². The zero-order valence-corrected chi connectivity index (χ0v) is 14.4. The van der Waals surface area contributed by atoms with Gasteiger partial charge in [-0.1, -0.05) is 35.1 Å². The average molecular weight is 357 g/mol. The van der Waals surface area contributed by atoms with Crippen LogP contribution in [-0.2, 0) is 6.54 Å². The number of piperidine rings is 1. The number of ether oxygens (including phenoxy) is 1. The van der Waals surface area contributed by atoms with E-state index in [1.807, 2.05) is 12.1 Å². The zero-order valence-electron chi connectivity index (χ0n) is 12.0. The summed E-state index contributed by atoms with van der Waals surface area (Å²) in [6.07, 6.45) is 2.05. The summed E-state index contributed by atoms with van der Waals surface area (Å²) in [5, 5.41) is 0. The monoisotopic (exact) mass is 356 g/mol. The number of hydrogen-bond donors (Lipinski definition) is 1. The van der Waals surface area contributed by atoms with E-state index < -0.39 is 0 Å². The highest BCUT2D eigenvalue weighted by molar-refractivity contribution is 9.10. The van der Waals surface area contributed by atoms with Crippen LogP contribution in [0, 0.1) is 5.41 Å². The lowest BCUT2D eigenvalue weighted by Gasteiger charge is -2.38. The maximum Gasteiger partial charge on any atom is 0.123 e. The lowest BCUT2D eigenvalue weighted by atomic mass is 9.80. The minimum atomic E-state index is 0.0210. The van der Waals surface area contributed by atoms with Crippen LogP contribution in [0.3, 0.4) is 0 Å². The van der Waals surface area contributed by atoms with Crippen LogP contribution in [-0.4, -0.2) is 30.1 Å². The molecule has 0 aliphatic carbocycles. The summed E-state index contributed by atoms with van der Waals surface area (Å²) in [5.41, 5.74) is 7.08. The molecule has 2 rings (SSSR count). The summed E-state index contributed by atoms with van der Waals surface area (Å²) in [6.45, 7) is 5.11. The molecule has 1 heterocycles. The van der Waals surface area contributed by atoms with Crippen molar-refractivity contribution in [3.63, 3.8) is 0 Å². The van der Waals surface area contributed by atoms with Crippen molar-refractivity contribution in [2.45, 2.75) is 26.3 Å². The summed E-state index contributed by atoms with van der Waals surface area (Å²) in [4.78, 5) is 3.09. The third-order valence-electron chi connectivity index (χ3n) is 4.19. The molecule has 110 valence electrons. The summed E-state index contributed by atoms with van der Waals surface area (Å²) < 4.78 is 6.51. The smallest absolute Gasteiger partial charge is 0.123 e. The molecule has 1 fully saturated rings. The topological polar surface area (TPSA) is 38.5 Å². The third-order valence-corrected chi connectivity index (χ3v) is 5.18. The van der Waals surface area contributed by atoms with Crippen LogP contribution in [0.15, 0.2) is 22.7 Å². The molecule has 0 atom stereocenters. The molecular formula is C15H21BrN2OS. The molecular weight excluding hydrogens is 336 g/mol. The lowest BCUT2D eigenvalue weighted by Crippen LogP contribution is -2.44. The number of likely N-dealkylation sites (tertiary alicyclic amines) is 1. The Balaban J connectivity index is 2.03. The van der Waals surface area contributed by atoms with Gasteiger partial charge in [-0.25, -0.2) is 0 Å². The number of methoxy groups -OCH3 is 1. The average Bonchev–Trinajstić information content (AvgIpc) is 2.42. The van der Waals surface area contributed by atoms with Gasteiger partial charge in [0, 0.05) is 22.0 Å². The Morgan fingerprint density at radius 2 is 2.10 bits per heavy atom. The summed E-state index contributed by atoms with van der Waals surface area (Å²) in [5.74, 6) is 0.941. The van der Waals surface area contributed by atoms with E-state index in [1.54, 1.807) is 7.11 Å². The van der Waals surface area contributed by atoms with Gasteiger partial charge >= 0.3 is 0 Å². The first-order chi connectivity index (χ1) is 9.44. The second-order valence-corrected chi connectivity index (χ2v) is 7.01. The van der Waals surface area contributed by atoms with Crippen molar-refractivity contribution in [2.75, 3.05) is 20.2 Å². The van der Waals surface area contributed by atoms with Crippen molar-refractivity contribution in [1.82, 2.24) is 4.90 Å². The Hall–Kier alpha value is -0.650. The Morgan fingerprint density at radius 1 is 1.45 bits per heavy atom. The fraction of sp³-hybridized carbons (Fsp3) is 0.533. The van der Waals surface area contributed by atoms with Gasteiger partial charge in [0.15, 0.2) is 0 Å². The van der Waals surface area contributed by atoms with Gasteiger partial charge in [-0.05, 0) is 44.1 Å². The minimum Gasteiger partial charge on any atom is -0.496 e. The van der Waals surface area contributed by atoms with Crippen LogP contribution in [0.1, 0.15) is 25.3 Å². The number of nitrogens with two attached hydrogens (primary N) is 1. The van der Waals surface area contributed by atoms with Crippen LogP contribution in [0.5, 0.6) is 5.75 Å². The lowest BCUT2D eigenvalue weighted by molar-refractivity contribution is 0.156. The van der Waals surface area contributed by atoms with Crippen molar-refractivity contribution in [3.8, 4) is 5.75 Å². The predicted molar refractivity (Wildman–Crippen MR) is 90.1 cm³/mol. The number of halogens is 1. The van der Waals surface area contributed by atoms with Gasteiger partial charge in [0.2, 0.25) is 0 Å². The number of benzene rings is 1. The second-order valence-electron chi connectivity index (χ2n) is 5.66. The number of thiocarbonyl (C=S) groups is 1. The molecule has 0 amide bonds. The normalized spacial score (nSPS) is 18.8. The molecule has 1 aliphatic heterocycles. The second kappa shape index (κ2) is 6.41. The fourth-order valence-corrected chi connectivity index (χ4v) is 3.18. The fourth-order valence-electron chi connectivity index (χ4n) is 2.56. The molecule has 2 N–H and O–H groups in total. The van der Waals surface area contributed by atoms with Crippen LogP contribution in [0.2, 0.25) is 0 Å². The molecule has 1 aliphatic rings. The Bertz CT molecular complexity index is 499. The summed E-state index contributed by atoms with van der Waals surface area (Å²) in [6, 6.07) is 6.13. The number of nitrogens with zero attached hydrogens (tertiary/aromatic N) is 1. The van der Waals surface area contributed by atoms with Crippen LogP contribution < -0.4 is 10.5 Å². The van der Waals surface area contributed by atoms with E-state index in [1.165, 1.54) is 5.56 Å². The molecule has 0 bridgehead atoms. The van der Waals surface area contributed by atoms with Crippen LogP contribution in [0.4, 0.5) is 0 Å². The molecule has 0 spiro atoms. The molecule has 0 unspecified atom stereocenters. The highest BCUT2D eigenvalue weighted by Gasteiger charge is 2.32. The highest BCUT2D eigenvalue weighted by Crippen LogP contribution is 2.33. The van der Waals surface area contributed by atoms with Gasteiger partial charge < -0.3 is 10.5 Å². The predicted octanol–water partition coefficient (Wildman–Crippen LogP) is 3.35. The molecule has 3 nitrogen and oxygen atoms in total. The van der Waals surface area contributed by atoms with Gasteiger partial charge in [-0.15, -0.1) is 0 Å². The molecule has 5 heteroatoms. The van der Waals surface area contributed by atoms with Gasteiger partial charge in [-0.3, -0.25) is 4.90 Å². The van der Waals surface area contributed by atoms with Gasteiger partial charge in [0.25, 0.3) is 0 Å². The molecule has 20 heavy (non-hydrogen) atoms. The largest absolute Gasteiger partial charge is 0.496 e. The number of hydrogen-bond acceptors (Lipinski definition) is 3. The van der Waals surface area contributed by atoms with E-state index in [2.05, 4.69) is 33.8 Å². The first-order valence-corrected chi connectivity index (χ1v) is 7.99.